The van der Waals surface area contributed by atoms with Gasteiger partial charge in [-0.25, -0.2) is 4.79 Å². The van der Waals surface area contributed by atoms with Crippen molar-refractivity contribution in [3.05, 3.63) is 29.8 Å². The molecule has 14 nitrogen and oxygen atoms in total. The Morgan fingerprint density at radius 3 is 1.82 bits per heavy atom. The summed E-state index contributed by atoms with van der Waals surface area (Å²) in [7, 11) is 0. The monoisotopic (exact) mass is 538 g/mol. The molecule has 210 valence electrons. The van der Waals surface area contributed by atoms with Crippen LogP contribution in [0.5, 0.6) is 5.75 Å². The summed E-state index contributed by atoms with van der Waals surface area (Å²) in [4.78, 5) is 72.1. The largest absolute Gasteiger partial charge is 0.508 e. The van der Waals surface area contributed by atoms with Gasteiger partial charge in [-0.2, -0.15) is 0 Å². The van der Waals surface area contributed by atoms with E-state index in [0.29, 0.717) is 5.56 Å². The van der Waals surface area contributed by atoms with Crippen molar-refractivity contribution in [2.24, 2.45) is 11.7 Å². The molecule has 0 radical (unpaired) electrons. The Balaban J connectivity index is 3.18. The molecule has 0 aliphatic rings. The lowest BCUT2D eigenvalue weighted by molar-refractivity contribution is -0.143. The highest BCUT2D eigenvalue weighted by molar-refractivity contribution is 5.95. The summed E-state index contributed by atoms with van der Waals surface area (Å²) in [5, 5.41) is 43.9. The average molecular weight is 539 g/mol. The second kappa shape index (κ2) is 15.1. The Labute approximate surface area is 218 Å². The summed E-state index contributed by atoms with van der Waals surface area (Å²) in [6.07, 6.45) is -1.69. The number of phenolic OH excluding ortho intramolecular Hbond substituents is 1. The van der Waals surface area contributed by atoms with Crippen molar-refractivity contribution in [3.8, 4) is 5.75 Å². The van der Waals surface area contributed by atoms with Gasteiger partial charge in [0.25, 0.3) is 0 Å². The van der Waals surface area contributed by atoms with Gasteiger partial charge in [0, 0.05) is 12.8 Å². The van der Waals surface area contributed by atoms with Crippen molar-refractivity contribution in [2.75, 3.05) is 0 Å². The maximum Gasteiger partial charge on any atom is 0.326 e. The van der Waals surface area contributed by atoms with E-state index in [-0.39, 0.29) is 30.9 Å². The van der Waals surface area contributed by atoms with Gasteiger partial charge in [-0.1, -0.05) is 26.0 Å². The van der Waals surface area contributed by atoms with Crippen LogP contribution >= 0.6 is 0 Å². The van der Waals surface area contributed by atoms with Gasteiger partial charge in [0.05, 0.1) is 12.5 Å². The van der Waals surface area contributed by atoms with Crippen molar-refractivity contribution >= 4 is 35.6 Å². The SMILES string of the molecule is CC(C)CC(NC(=O)C(CCC(=O)O)NC(=O)C(Cc1ccc(O)cc1)NC(=O)C(N)CC(=O)O)C(=O)O. The minimum atomic E-state index is -1.49. The molecule has 1 rings (SSSR count). The third-order valence-corrected chi connectivity index (χ3v) is 5.34. The standard InChI is InChI=1S/C24H34N4O10/c1-12(2)9-18(24(37)38)28-22(35)16(7-8-19(30)31)26-23(36)17(10-13-3-5-14(29)6-4-13)27-21(34)15(25)11-20(32)33/h3-6,12,15-18,29H,7-11,25H2,1-2H3,(H,26,36)(H,27,34)(H,28,35)(H,30,31)(H,32,33)(H,37,38). The predicted octanol–water partition coefficient (Wildman–Crippen LogP) is -0.813. The summed E-state index contributed by atoms with van der Waals surface area (Å²) in [5.74, 6) is -6.86. The van der Waals surface area contributed by atoms with Crippen LogP contribution < -0.4 is 21.7 Å². The fourth-order valence-electron chi connectivity index (χ4n) is 3.41. The Morgan fingerprint density at radius 2 is 1.32 bits per heavy atom. The normalized spacial score (nSPS) is 14.0. The Kier molecular flexibility index (Phi) is 12.7. The zero-order valence-corrected chi connectivity index (χ0v) is 21.0. The highest BCUT2D eigenvalue weighted by atomic mass is 16.4. The number of hydrogen-bond acceptors (Lipinski definition) is 8. The highest BCUT2D eigenvalue weighted by Gasteiger charge is 2.31. The smallest absolute Gasteiger partial charge is 0.326 e. The van der Waals surface area contributed by atoms with E-state index >= 15 is 0 Å². The van der Waals surface area contributed by atoms with Crippen LogP contribution in [0, 0.1) is 5.92 Å². The molecule has 9 N–H and O–H groups in total. The van der Waals surface area contributed by atoms with Crippen LogP contribution in [0.1, 0.15) is 45.1 Å². The minimum absolute atomic E-state index is 0.0537. The Hall–Kier alpha value is -4.20. The van der Waals surface area contributed by atoms with E-state index in [0.717, 1.165) is 0 Å². The molecule has 0 aliphatic heterocycles. The lowest BCUT2D eigenvalue weighted by atomic mass is 10.0. The molecule has 4 atom stereocenters. The quantitative estimate of drug-likeness (QED) is 0.129. The molecule has 0 spiro atoms. The number of phenols is 1. The van der Waals surface area contributed by atoms with Crippen molar-refractivity contribution < 1.29 is 49.2 Å². The van der Waals surface area contributed by atoms with E-state index in [1.807, 2.05) is 0 Å². The molecule has 0 aromatic heterocycles. The number of nitrogens with two attached hydrogens (primary N) is 1. The first-order valence-corrected chi connectivity index (χ1v) is 11.8. The predicted molar refractivity (Wildman–Crippen MR) is 132 cm³/mol. The molecule has 0 fully saturated rings. The van der Waals surface area contributed by atoms with Gasteiger partial charge in [-0.15, -0.1) is 0 Å². The maximum atomic E-state index is 13.2. The number of hydrogen-bond donors (Lipinski definition) is 8. The third-order valence-electron chi connectivity index (χ3n) is 5.34. The molecule has 1 aromatic carbocycles. The van der Waals surface area contributed by atoms with Gasteiger partial charge < -0.3 is 42.1 Å². The molecule has 4 unspecified atom stereocenters. The van der Waals surface area contributed by atoms with Crippen molar-refractivity contribution in [1.82, 2.24) is 16.0 Å². The van der Waals surface area contributed by atoms with E-state index < -0.39 is 72.6 Å². The van der Waals surface area contributed by atoms with E-state index in [1.165, 1.54) is 24.3 Å². The first kappa shape index (κ1) is 31.8. The lowest BCUT2D eigenvalue weighted by Crippen LogP contribution is -2.57. The molecule has 0 aliphatic carbocycles. The molecule has 0 heterocycles. The molecule has 14 heteroatoms. The van der Waals surface area contributed by atoms with Crippen LogP contribution in [0.4, 0.5) is 0 Å². The van der Waals surface area contributed by atoms with Crippen LogP contribution in [0.25, 0.3) is 0 Å². The molecule has 0 bridgehead atoms. The van der Waals surface area contributed by atoms with Crippen LogP contribution in [-0.2, 0) is 35.2 Å². The van der Waals surface area contributed by atoms with E-state index in [2.05, 4.69) is 16.0 Å². The van der Waals surface area contributed by atoms with Gasteiger partial charge in [0.15, 0.2) is 0 Å². The van der Waals surface area contributed by atoms with Crippen LogP contribution in [0.3, 0.4) is 0 Å². The topological polar surface area (TPSA) is 245 Å². The minimum Gasteiger partial charge on any atom is -0.508 e. The van der Waals surface area contributed by atoms with Crippen LogP contribution in [0.15, 0.2) is 24.3 Å². The number of carbonyl (C=O) groups excluding carboxylic acids is 3. The van der Waals surface area contributed by atoms with E-state index in [9.17, 15) is 39.0 Å². The van der Waals surface area contributed by atoms with Gasteiger partial charge in [0.1, 0.15) is 23.9 Å². The summed E-state index contributed by atoms with van der Waals surface area (Å²) < 4.78 is 0. The summed E-state index contributed by atoms with van der Waals surface area (Å²) in [6.45, 7) is 3.49. The van der Waals surface area contributed by atoms with Gasteiger partial charge >= 0.3 is 17.9 Å². The number of benzene rings is 1. The Morgan fingerprint density at radius 1 is 0.789 bits per heavy atom. The van der Waals surface area contributed by atoms with Crippen LogP contribution in [0.2, 0.25) is 0 Å². The first-order valence-electron chi connectivity index (χ1n) is 11.8. The molecule has 1 aromatic rings. The second-order valence-corrected chi connectivity index (χ2v) is 9.16. The zero-order chi connectivity index (χ0) is 29.0. The molecule has 0 saturated carbocycles. The van der Waals surface area contributed by atoms with Crippen molar-refractivity contribution in [3.63, 3.8) is 0 Å². The summed E-state index contributed by atoms with van der Waals surface area (Å²) in [5.41, 5.74) is 6.07. The number of carboxylic acids is 3. The molecular weight excluding hydrogens is 504 g/mol. The lowest BCUT2D eigenvalue weighted by Gasteiger charge is -2.25. The van der Waals surface area contributed by atoms with Crippen molar-refractivity contribution in [2.45, 2.75) is 70.1 Å². The average Bonchev–Trinajstić information content (AvgIpc) is 2.80. The summed E-state index contributed by atoms with van der Waals surface area (Å²) in [6, 6.07) is 0.0124. The zero-order valence-electron chi connectivity index (χ0n) is 21.0. The number of nitrogens with one attached hydrogen (secondary N) is 3. The number of amides is 3. The number of aliphatic carboxylic acids is 3. The molecular formula is C24H34N4O10. The van der Waals surface area contributed by atoms with Crippen LogP contribution in [-0.4, -0.2) is 80.2 Å². The molecule has 38 heavy (non-hydrogen) atoms. The molecule has 0 saturated heterocycles. The Bertz CT molecular complexity index is 1010. The molecule has 3 amide bonds. The van der Waals surface area contributed by atoms with Gasteiger partial charge in [-0.05, 0) is 36.5 Å². The first-order chi connectivity index (χ1) is 17.7. The van der Waals surface area contributed by atoms with Gasteiger partial charge in [0.2, 0.25) is 17.7 Å². The summed E-state index contributed by atoms with van der Waals surface area (Å²) >= 11 is 0. The number of carbonyl (C=O) groups is 6. The second-order valence-electron chi connectivity index (χ2n) is 9.16. The van der Waals surface area contributed by atoms with E-state index in [1.54, 1.807) is 13.8 Å². The van der Waals surface area contributed by atoms with Crippen molar-refractivity contribution in [1.29, 1.82) is 0 Å². The fraction of sp³-hybridized carbons (Fsp3) is 0.500. The highest BCUT2D eigenvalue weighted by Crippen LogP contribution is 2.12. The van der Waals surface area contributed by atoms with Gasteiger partial charge in [-0.3, -0.25) is 24.0 Å². The number of carboxylic acid groups (broad SMARTS) is 3. The maximum absolute atomic E-state index is 13.2. The third kappa shape index (κ3) is 11.7. The number of aromatic hydroxyl groups is 1. The van der Waals surface area contributed by atoms with E-state index in [4.69, 9.17) is 15.9 Å². The fourth-order valence-corrected chi connectivity index (χ4v) is 3.41. The number of rotatable bonds is 16.